The summed E-state index contributed by atoms with van der Waals surface area (Å²) < 4.78 is 373. The molecule has 278 valence electrons. The fourth-order valence-electron chi connectivity index (χ4n) is 3.27. The molecule has 29 heteroatoms. The third kappa shape index (κ3) is 4.22. The maximum atomic E-state index is 14.5. The van der Waals surface area contributed by atoms with Gasteiger partial charge in [-0.2, -0.15) is 114 Å². The van der Waals surface area contributed by atoms with Gasteiger partial charge in [-0.3, -0.25) is 0 Å². The van der Waals surface area contributed by atoms with E-state index in [-0.39, 0.29) is 6.92 Å². The lowest BCUT2D eigenvalue weighted by atomic mass is 9.67. The van der Waals surface area contributed by atoms with Crippen molar-refractivity contribution >= 4 is 5.97 Å². The van der Waals surface area contributed by atoms with Gasteiger partial charge in [-0.25, -0.2) is 9.18 Å². The van der Waals surface area contributed by atoms with Crippen LogP contribution < -0.4 is 0 Å². The van der Waals surface area contributed by atoms with Crippen LogP contribution in [0.5, 0.6) is 0 Å². The fraction of sp³-hybridized carbons (Fsp3) is 0.833. The van der Waals surface area contributed by atoms with Gasteiger partial charge in [0.1, 0.15) is 0 Å². The summed E-state index contributed by atoms with van der Waals surface area (Å²) in [5.74, 6) is -115. The number of esters is 1. The first-order valence-electron chi connectivity index (χ1n) is 10.3. The monoisotopic (exact) mass is 766 g/mol. The van der Waals surface area contributed by atoms with Crippen LogP contribution in [0.1, 0.15) is 6.92 Å². The summed E-state index contributed by atoms with van der Waals surface area (Å²) in [5.41, 5.74) is -11.4. The maximum absolute atomic E-state index is 14.5. The van der Waals surface area contributed by atoms with Gasteiger partial charge in [0.25, 0.3) is 0 Å². The predicted octanol–water partition coefficient (Wildman–Crippen LogP) is 9.04. The molecule has 0 heterocycles. The van der Waals surface area contributed by atoms with Gasteiger partial charge < -0.3 is 4.74 Å². The third-order valence-corrected chi connectivity index (χ3v) is 6.18. The Morgan fingerprint density at radius 3 is 0.957 bits per heavy atom. The van der Waals surface area contributed by atoms with E-state index in [9.17, 15) is 123 Å². The third-order valence-electron chi connectivity index (χ3n) is 6.18. The molecule has 0 N–H and O–H groups in total. The number of ether oxygens (including phenoxy) is 1. The molecule has 0 aromatic heterocycles. The molecule has 0 aliphatic heterocycles. The first kappa shape index (κ1) is 42.3. The molecule has 1 saturated carbocycles. The van der Waals surface area contributed by atoms with Crippen molar-refractivity contribution in [1.29, 1.82) is 0 Å². The largest absolute Gasteiger partial charge is 0.473 e. The van der Waals surface area contributed by atoms with Crippen LogP contribution in [0.3, 0.4) is 0 Å². The van der Waals surface area contributed by atoms with E-state index in [1.165, 1.54) is 0 Å². The highest BCUT2D eigenvalue weighted by Gasteiger charge is 3.09. The highest BCUT2D eigenvalue weighted by Crippen LogP contribution is 2.75. The fourth-order valence-corrected chi connectivity index (χ4v) is 3.27. The first-order valence-corrected chi connectivity index (χ1v) is 10.3. The highest BCUT2D eigenvalue weighted by molar-refractivity contribution is 5.87. The van der Waals surface area contributed by atoms with Gasteiger partial charge in [-0.05, 0) is 6.92 Å². The molecule has 0 aromatic carbocycles. The van der Waals surface area contributed by atoms with Crippen molar-refractivity contribution in [1.82, 2.24) is 0 Å². The Kier molecular flexibility index (Phi) is 8.96. The Bertz CT molecular complexity index is 1240. The summed E-state index contributed by atoms with van der Waals surface area (Å²) in [6, 6.07) is 0. The molecule has 2 nitrogen and oxygen atoms in total. The van der Waals surface area contributed by atoms with E-state index < -0.39 is 94.4 Å². The molecular weight excluding hydrogens is 761 g/mol. The standard InChI is InChI=1S/C18H5F27O2/c1-3(2)4(46)47-18(44,45)17(42,43)16(40,41)15(38,39)14(36,37)13(34,35)11(30,31)8(24,25)5(19)6(20,21)9(26,27)12(32,33)10(28,29)7(5,22)23/h1H2,2H3. The molecule has 1 aliphatic carbocycles. The molecule has 0 saturated heterocycles. The Hall–Kier alpha value is -2.68. The zero-order valence-electron chi connectivity index (χ0n) is 20.7. The average molecular weight is 766 g/mol. The van der Waals surface area contributed by atoms with Crippen LogP contribution in [0.2, 0.25) is 0 Å². The predicted molar refractivity (Wildman–Crippen MR) is 89.1 cm³/mol. The maximum Gasteiger partial charge on any atom is 0.473 e. The van der Waals surface area contributed by atoms with Gasteiger partial charge in [-0.1, -0.05) is 6.58 Å². The van der Waals surface area contributed by atoms with Gasteiger partial charge in [0.15, 0.2) is 0 Å². The van der Waals surface area contributed by atoms with E-state index in [0.29, 0.717) is 0 Å². The minimum Gasteiger partial charge on any atom is -0.393 e. The van der Waals surface area contributed by atoms with Crippen molar-refractivity contribution in [2.75, 3.05) is 0 Å². The summed E-state index contributed by atoms with van der Waals surface area (Å²) in [5, 5.41) is 0. The molecule has 0 radical (unpaired) electrons. The number of alkyl halides is 27. The number of halogens is 27. The molecule has 0 unspecified atom stereocenters. The normalized spacial score (nSPS) is 23.2. The Morgan fingerprint density at radius 2 is 0.681 bits per heavy atom. The summed E-state index contributed by atoms with van der Waals surface area (Å²) in [7, 11) is 0. The van der Waals surface area contributed by atoms with Crippen LogP contribution in [0.4, 0.5) is 119 Å². The highest BCUT2D eigenvalue weighted by atomic mass is 19.4. The van der Waals surface area contributed by atoms with E-state index in [0.717, 1.165) is 0 Å². The number of rotatable bonds is 10. The second kappa shape index (κ2) is 9.95. The smallest absolute Gasteiger partial charge is 0.393 e. The van der Waals surface area contributed by atoms with Crippen LogP contribution in [0.15, 0.2) is 12.2 Å². The van der Waals surface area contributed by atoms with E-state index in [1.807, 2.05) is 0 Å². The molecule has 47 heavy (non-hydrogen) atoms. The minimum absolute atomic E-state index is 0.171. The van der Waals surface area contributed by atoms with Crippen molar-refractivity contribution in [2.45, 2.75) is 89.8 Å². The van der Waals surface area contributed by atoms with Gasteiger partial charge in [0.05, 0.1) is 0 Å². The molecule has 0 bridgehead atoms. The SMILES string of the molecule is C=C(C)C(=O)OC(F)(F)C(F)(F)C(F)(F)C(F)(F)C(F)(F)C(F)(F)C(F)(F)C(F)(F)C1(F)C(F)(F)C(F)(F)C(F)(F)C(F)(F)C1(F)F. The van der Waals surface area contributed by atoms with E-state index >= 15 is 0 Å². The molecule has 0 aromatic rings. The lowest BCUT2D eigenvalue weighted by Crippen LogP contribution is -2.90. The van der Waals surface area contributed by atoms with Crippen LogP contribution in [-0.2, 0) is 9.53 Å². The second-order valence-electron chi connectivity index (χ2n) is 9.24. The second-order valence-corrected chi connectivity index (χ2v) is 9.24. The quantitative estimate of drug-likeness (QED) is 0.126. The Balaban J connectivity index is 4.14. The number of hydrogen-bond donors (Lipinski definition) is 0. The topological polar surface area (TPSA) is 26.3 Å². The Morgan fingerprint density at radius 1 is 0.447 bits per heavy atom. The summed E-state index contributed by atoms with van der Waals surface area (Å²) in [6.07, 6.45) is -7.69. The van der Waals surface area contributed by atoms with E-state index in [4.69, 9.17) is 0 Å². The number of carbonyl (C=O) groups excluding carboxylic acids is 1. The van der Waals surface area contributed by atoms with Crippen molar-refractivity contribution in [2.24, 2.45) is 0 Å². The summed E-state index contributed by atoms with van der Waals surface area (Å²) in [6.45, 7) is 2.48. The summed E-state index contributed by atoms with van der Waals surface area (Å²) >= 11 is 0. The van der Waals surface area contributed by atoms with Crippen molar-refractivity contribution < 1.29 is 128 Å². The molecule has 1 fully saturated rings. The average Bonchev–Trinajstić information content (AvgIpc) is 2.85. The van der Waals surface area contributed by atoms with Gasteiger partial charge in [0.2, 0.25) is 0 Å². The van der Waals surface area contributed by atoms with Gasteiger partial charge in [-0.15, -0.1) is 0 Å². The number of carbonyl (C=O) groups is 1. The van der Waals surface area contributed by atoms with Gasteiger partial charge >= 0.3 is 88.8 Å². The molecule has 1 rings (SSSR count). The van der Waals surface area contributed by atoms with Crippen LogP contribution >= 0.6 is 0 Å². The van der Waals surface area contributed by atoms with Crippen LogP contribution in [0, 0.1) is 0 Å². The van der Waals surface area contributed by atoms with Crippen LogP contribution in [0.25, 0.3) is 0 Å². The van der Waals surface area contributed by atoms with Crippen molar-refractivity contribution in [3.63, 3.8) is 0 Å². The molecule has 0 spiro atoms. The molecule has 0 atom stereocenters. The number of hydrogen-bond acceptors (Lipinski definition) is 2. The van der Waals surface area contributed by atoms with Crippen LogP contribution in [-0.4, -0.2) is 88.8 Å². The van der Waals surface area contributed by atoms with Crippen molar-refractivity contribution in [3.8, 4) is 0 Å². The molecule has 0 amide bonds. The lowest BCUT2D eigenvalue weighted by Gasteiger charge is -2.55. The Labute approximate surface area is 237 Å². The zero-order valence-corrected chi connectivity index (χ0v) is 20.7. The molecular formula is C18H5F27O2. The first-order chi connectivity index (χ1) is 19.8. The van der Waals surface area contributed by atoms with E-state index in [1.54, 1.807) is 0 Å². The summed E-state index contributed by atoms with van der Waals surface area (Å²) in [4.78, 5) is 10.9. The van der Waals surface area contributed by atoms with Crippen molar-refractivity contribution in [3.05, 3.63) is 12.2 Å². The van der Waals surface area contributed by atoms with E-state index in [2.05, 4.69) is 11.3 Å². The minimum atomic E-state index is -10.0. The van der Waals surface area contributed by atoms with Gasteiger partial charge in [0, 0.05) is 5.57 Å². The lowest BCUT2D eigenvalue weighted by molar-refractivity contribution is -0.527. The zero-order chi connectivity index (χ0) is 38.9. The molecule has 1 aliphatic rings.